The van der Waals surface area contributed by atoms with Crippen LogP contribution in [0.4, 0.5) is 0 Å². The number of benzene rings is 2. The molecule has 0 heterocycles. The third kappa shape index (κ3) is 4.29. The molecule has 6 heteroatoms. The standard InChI is InChI=1S/C28H36O5S/c1-19-4-8-22(9-5-19)34(29,30)33-17-16-32-27-13-12-26-25-10-6-20-18-21(31-3)7-11-23(20)24(25)14-15-28(26,27)2/h4-5,7-9,11,18,24-27H,6,10,12-17H2,1-3H3/t24-,25-,26+,27+,28+/m1/s1. The summed E-state index contributed by atoms with van der Waals surface area (Å²) >= 11 is 0. The van der Waals surface area contributed by atoms with E-state index < -0.39 is 10.1 Å². The number of rotatable bonds is 7. The molecule has 5 atom stereocenters. The van der Waals surface area contributed by atoms with Gasteiger partial charge in [0.2, 0.25) is 0 Å². The molecule has 5 rings (SSSR count). The summed E-state index contributed by atoms with van der Waals surface area (Å²) in [4.78, 5) is 0.194. The molecule has 3 aliphatic carbocycles. The fourth-order valence-corrected chi connectivity index (χ4v) is 7.91. The van der Waals surface area contributed by atoms with Crippen molar-refractivity contribution in [2.45, 2.75) is 69.3 Å². The first-order valence-corrected chi connectivity index (χ1v) is 14.0. The van der Waals surface area contributed by atoms with Crippen molar-refractivity contribution in [2.75, 3.05) is 20.3 Å². The van der Waals surface area contributed by atoms with E-state index in [-0.39, 0.29) is 23.0 Å². The van der Waals surface area contributed by atoms with Gasteiger partial charge in [-0.15, -0.1) is 0 Å². The second kappa shape index (κ2) is 9.29. The van der Waals surface area contributed by atoms with Gasteiger partial charge in [-0.05, 0) is 104 Å². The Labute approximate surface area is 203 Å². The lowest BCUT2D eigenvalue weighted by atomic mass is 9.55. The number of aryl methyl sites for hydroxylation is 2. The Kier molecular flexibility index (Phi) is 6.51. The van der Waals surface area contributed by atoms with Gasteiger partial charge in [-0.3, -0.25) is 4.18 Å². The minimum absolute atomic E-state index is 0.0503. The van der Waals surface area contributed by atoms with Crippen molar-refractivity contribution in [2.24, 2.45) is 17.3 Å². The van der Waals surface area contributed by atoms with E-state index in [1.165, 1.54) is 30.4 Å². The SMILES string of the molecule is COc1ccc2c(c1)CC[C@@H]1[C@@H]2CC[C@]2(C)[C@@H](OCCOS(=O)(=O)c3ccc(C)cc3)CC[C@@H]12. The summed E-state index contributed by atoms with van der Waals surface area (Å²) in [5, 5.41) is 0. The Balaban J connectivity index is 1.20. The second-order valence-electron chi connectivity index (χ2n) is 10.6. The normalized spacial score (nSPS) is 30.3. The van der Waals surface area contributed by atoms with Crippen molar-refractivity contribution < 1.29 is 22.1 Å². The van der Waals surface area contributed by atoms with E-state index >= 15 is 0 Å². The van der Waals surface area contributed by atoms with Crippen LogP contribution in [-0.2, 0) is 25.5 Å². The zero-order chi connectivity index (χ0) is 23.9. The smallest absolute Gasteiger partial charge is 0.297 e. The Morgan fingerprint density at radius 2 is 1.79 bits per heavy atom. The topological polar surface area (TPSA) is 61.8 Å². The molecule has 0 spiro atoms. The van der Waals surface area contributed by atoms with Gasteiger partial charge in [0.15, 0.2) is 0 Å². The largest absolute Gasteiger partial charge is 0.497 e. The summed E-state index contributed by atoms with van der Waals surface area (Å²) in [5.74, 6) is 2.95. The van der Waals surface area contributed by atoms with Crippen LogP contribution >= 0.6 is 0 Å². The minimum atomic E-state index is -3.75. The first-order chi connectivity index (χ1) is 16.3. The minimum Gasteiger partial charge on any atom is -0.497 e. The van der Waals surface area contributed by atoms with Gasteiger partial charge in [-0.2, -0.15) is 8.42 Å². The highest BCUT2D eigenvalue weighted by Crippen LogP contribution is 2.61. The fraction of sp³-hybridized carbons (Fsp3) is 0.571. The average molecular weight is 485 g/mol. The van der Waals surface area contributed by atoms with Crippen molar-refractivity contribution in [3.63, 3.8) is 0 Å². The maximum Gasteiger partial charge on any atom is 0.297 e. The van der Waals surface area contributed by atoms with Crippen molar-refractivity contribution in [1.29, 1.82) is 0 Å². The zero-order valence-electron chi connectivity index (χ0n) is 20.5. The van der Waals surface area contributed by atoms with Gasteiger partial charge in [0.1, 0.15) is 5.75 Å². The fourth-order valence-electron chi connectivity index (χ4n) is 7.02. The molecule has 2 fully saturated rings. The molecular weight excluding hydrogens is 448 g/mol. The third-order valence-corrected chi connectivity index (χ3v) is 10.1. The molecule has 5 nitrogen and oxygen atoms in total. The molecule has 3 aliphatic rings. The van der Waals surface area contributed by atoms with E-state index in [1.807, 2.05) is 6.92 Å². The Hall–Kier alpha value is -1.89. The maximum absolute atomic E-state index is 12.4. The summed E-state index contributed by atoms with van der Waals surface area (Å²) in [6, 6.07) is 13.4. The summed E-state index contributed by atoms with van der Waals surface area (Å²) in [6.45, 7) is 4.68. The van der Waals surface area contributed by atoms with Crippen molar-refractivity contribution in [3.8, 4) is 5.75 Å². The first kappa shape index (κ1) is 23.8. The van der Waals surface area contributed by atoms with Crippen LogP contribution in [0.3, 0.4) is 0 Å². The van der Waals surface area contributed by atoms with Crippen LogP contribution in [0.2, 0.25) is 0 Å². The lowest BCUT2D eigenvalue weighted by Crippen LogP contribution is -2.45. The number of fused-ring (bicyclic) bond motifs is 5. The van der Waals surface area contributed by atoms with Gasteiger partial charge in [0.05, 0.1) is 31.3 Å². The van der Waals surface area contributed by atoms with Gasteiger partial charge < -0.3 is 9.47 Å². The van der Waals surface area contributed by atoms with Crippen LogP contribution in [0.5, 0.6) is 5.75 Å². The van der Waals surface area contributed by atoms with Crippen LogP contribution < -0.4 is 4.74 Å². The molecule has 0 aromatic heterocycles. The number of ether oxygens (including phenoxy) is 2. The Morgan fingerprint density at radius 1 is 1.00 bits per heavy atom. The van der Waals surface area contributed by atoms with Gasteiger partial charge in [-0.25, -0.2) is 0 Å². The molecule has 2 aromatic carbocycles. The van der Waals surface area contributed by atoms with Gasteiger partial charge in [0.25, 0.3) is 10.1 Å². The van der Waals surface area contributed by atoms with Crippen LogP contribution in [0.1, 0.15) is 61.6 Å². The van der Waals surface area contributed by atoms with E-state index in [4.69, 9.17) is 13.7 Å². The van der Waals surface area contributed by atoms with Gasteiger partial charge >= 0.3 is 0 Å². The summed E-state index contributed by atoms with van der Waals surface area (Å²) in [6.07, 6.45) is 7.10. The third-order valence-electron chi connectivity index (χ3n) is 8.80. The number of methoxy groups -OCH3 is 1. The highest BCUT2D eigenvalue weighted by atomic mass is 32.2. The molecule has 184 valence electrons. The summed E-state index contributed by atoms with van der Waals surface area (Å²) in [5.41, 5.74) is 4.16. The molecule has 0 amide bonds. The monoisotopic (exact) mass is 484 g/mol. The maximum atomic E-state index is 12.4. The van der Waals surface area contributed by atoms with E-state index in [2.05, 4.69) is 25.1 Å². The molecule has 0 saturated heterocycles. The number of hydrogen-bond acceptors (Lipinski definition) is 5. The number of hydrogen-bond donors (Lipinski definition) is 0. The van der Waals surface area contributed by atoms with E-state index in [1.54, 1.807) is 31.4 Å². The lowest BCUT2D eigenvalue weighted by Gasteiger charge is -2.50. The van der Waals surface area contributed by atoms with Crippen LogP contribution in [0.15, 0.2) is 47.4 Å². The predicted octanol–water partition coefficient (Wildman–Crippen LogP) is 5.65. The lowest BCUT2D eigenvalue weighted by molar-refractivity contribution is -0.0690. The zero-order valence-corrected chi connectivity index (χ0v) is 21.3. The van der Waals surface area contributed by atoms with E-state index in [0.717, 1.165) is 30.6 Å². The van der Waals surface area contributed by atoms with Crippen molar-refractivity contribution in [3.05, 3.63) is 59.2 Å². The Morgan fingerprint density at radius 3 is 2.56 bits per heavy atom. The van der Waals surface area contributed by atoms with Crippen molar-refractivity contribution in [1.82, 2.24) is 0 Å². The predicted molar refractivity (Wildman–Crippen MR) is 132 cm³/mol. The molecule has 0 radical (unpaired) electrons. The molecule has 0 bridgehead atoms. The van der Waals surface area contributed by atoms with Gasteiger partial charge in [-0.1, -0.05) is 30.7 Å². The van der Waals surface area contributed by atoms with Crippen LogP contribution in [0.25, 0.3) is 0 Å². The highest BCUT2D eigenvalue weighted by Gasteiger charge is 2.55. The molecule has 0 N–H and O–H groups in total. The molecular formula is C28H36O5S. The van der Waals surface area contributed by atoms with Gasteiger partial charge in [0, 0.05) is 0 Å². The summed E-state index contributed by atoms with van der Waals surface area (Å²) < 4.78 is 41.9. The molecule has 34 heavy (non-hydrogen) atoms. The van der Waals surface area contributed by atoms with E-state index in [9.17, 15) is 8.42 Å². The quantitative estimate of drug-likeness (QED) is 0.375. The van der Waals surface area contributed by atoms with Crippen molar-refractivity contribution >= 4 is 10.1 Å². The van der Waals surface area contributed by atoms with Crippen LogP contribution in [-0.4, -0.2) is 34.8 Å². The highest BCUT2D eigenvalue weighted by molar-refractivity contribution is 7.86. The average Bonchev–Trinajstić information content (AvgIpc) is 3.17. The first-order valence-electron chi connectivity index (χ1n) is 12.6. The second-order valence-corrected chi connectivity index (χ2v) is 12.2. The van der Waals surface area contributed by atoms with E-state index in [0.29, 0.717) is 24.4 Å². The molecule has 2 saturated carbocycles. The Bertz CT molecular complexity index is 1130. The summed E-state index contributed by atoms with van der Waals surface area (Å²) in [7, 11) is -2.01. The molecule has 2 aromatic rings. The molecule has 0 unspecified atom stereocenters. The van der Waals surface area contributed by atoms with Crippen LogP contribution in [0, 0.1) is 24.2 Å². The molecule has 0 aliphatic heterocycles.